The second-order valence-electron chi connectivity index (χ2n) is 3.85. The molecule has 0 radical (unpaired) electrons. The van der Waals surface area contributed by atoms with E-state index >= 15 is 0 Å². The van der Waals surface area contributed by atoms with Crippen molar-refractivity contribution in [1.29, 1.82) is 0 Å². The summed E-state index contributed by atoms with van der Waals surface area (Å²) in [5.41, 5.74) is 4.97. The molecule has 0 spiro atoms. The van der Waals surface area contributed by atoms with Gasteiger partial charge in [0, 0.05) is 19.0 Å². The Bertz CT molecular complexity index is 523. The number of nitrogens with two attached hydrogens (primary N) is 1. The Hall–Kier alpha value is -1.48. The molecule has 3 N–H and O–H groups in total. The monoisotopic (exact) mass is 260 g/mol. The number of hydrogen-bond acceptors (Lipinski definition) is 7. The van der Waals surface area contributed by atoms with Crippen molar-refractivity contribution < 1.29 is 17.7 Å². The van der Waals surface area contributed by atoms with Crippen LogP contribution >= 0.6 is 0 Å². The van der Waals surface area contributed by atoms with Crippen molar-refractivity contribution in [2.45, 2.75) is 12.5 Å². The van der Waals surface area contributed by atoms with Gasteiger partial charge in [-0.25, -0.2) is 8.42 Å². The Balaban J connectivity index is 2.03. The van der Waals surface area contributed by atoms with Gasteiger partial charge in [0.1, 0.15) is 0 Å². The van der Waals surface area contributed by atoms with E-state index in [1.54, 1.807) is 0 Å². The molecule has 0 bridgehead atoms. The maximum absolute atomic E-state index is 11.4. The minimum absolute atomic E-state index is 0.0291. The van der Waals surface area contributed by atoms with E-state index in [0.29, 0.717) is 6.54 Å². The van der Waals surface area contributed by atoms with Gasteiger partial charge in [0.2, 0.25) is 5.89 Å². The molecule has 17 heavy (non-hydrogen) atoms. The summed E-state index contributed by atoms with van der Waals surface area (Å²) in [6, 6.07) is -0.269. The van der Waals surface area contributed by atoms with Crippen molar-refractivity contribution in [3.8, 4) is 0 Å². The van der Waals surface area contributed by atoms with Crippen LogP contribution in [0.3, 0.4) is 0 Å². The second kappa shape index (κ2) is 4.41. The van der Waals surface area contributed by atoms with Crippen molar-refractivity contribution in [2.24, 2.45) is 5.73 Å². The van der Waals surface area contributed by atoms with E-state index in [1.807, 2.05) is 0 Å². The Labute approximate surface area is 97.5 Å². The van der Waals surface area contributed by atoms with Crippen LogP contribution in [0.1, 0.15) is 16.5 Å². The number of sulfone groups is 1. The van der Waals surface area contributed by atoms with E-state index in [1.165, 1.54) is 0 Å². The van der Waals surface area contributed by atoms with Crippen LogP contribution in [0, 0.1) is 0 Å². The lowest BCUT2D eigenvalue weighted by Gasteiger charge is -2.21. The minimum atomic E-state index is -3.01. The van der Waals surface area contributed by atoms with E-state index in [0.717, 1.165) is 0 Å². The van der Waals surface area contributed by atoms with Crippen LogP contribution in [-0.2, 0) is 16.3 Å². The second-order valence-corrected chi connectivity index (χ2v) is 6.07. The zero-order valence-corrected chi connectivity index (χ0v) is 9.74. The highest BCUT2D eigenvalue weighted by atomic mass is 32.2. The molecule has 1 aromatic rings. The summed E-state index contributed by atoms with van der Waals surface area (Å²) in [6.45, 7) is 0.407. The SMILES string of the molecule is NC(=O)c1noc(CC2CS(=O)(=O)CCN2)n1. The number of primary amides is 1. The summed E-state index contributed by atoms with van der Waals surface area (Å²) >= 11 is 0. The van der Waals surface area contributed by atoms with E-state index < -0.39 is 15.7 Å². The molecule has 1 saturated heterocycles. The lowest BCUT2D eigenvalue weighted by atomic mass is 10.2. The topological polar surface area (TPSA) is 128 Å². The largest absolute Gasteiger partial charge is 0.363 e. The van der Waals surface area contributed by atoms with Gasteiger partial charge in [-0.1, -0.05) is 5.16 Å². The van der Waals surface area contributed by atoms with Crippen molar-refractivity contribution in [3.05, 3.63) is 11.7 Å². The maximum atomic E-state index is 11.4. The first kappa shape index (κ1) is 12.0. The number of carbonyl (C=O) groups is 1. The van der Waals surface area contributed by atoms with E-state index in [9.17, 15) is 13.2 Å². The number of hydrogen-bond donors (Lipinski definition) is 2. The third-order valence-corrected chi connectivity index (χ3v) is 4.15. The zero-order chi connectivity index (χ0) is 12.5. The van der Waals surface area contributed by atoms with Crippen molar-refractivity contribution in [3.63, 3.8) is 0 Å². The lowest BCUT2D eigenvalue weighted by molar-refractivity contribution is 0.0987. The van der Waals surface area contributed by atoms with Gasteiger partial charge < -0.3 is 15.6 Å². The molecule has 94 valence electrons. The van der Waals surface area contributed by atoms with Gasteiger partial charge in [0.15, 0.2) is 9.84 Å². The van der Waals surface area contributed by atoms with Crippen molar-refractivity contribution in [2.75, 3.05) is 18.1 Å². The average Bonchev–Trinajstić information content (AvgIpc) is 2.64. The molecule has 8 nitrogen and oxygen atoms in total. The predicted molar refractivity (Wildman–Crippen MR) is 57.0 cm³/mol. The molecule has 1 unspecified atom stereocenters. The van der Waals surface area contributed by atoms with Gasteiger partial charge in [-0.15, -0.1) is 0 Å². The van der Waals surface area contributed by atoms with E-state index in [-0.39, 0.29) is 35.7 Å². The molecule has 1 aliphatic heterocycles. The molecule has 0 aliphatic carbocycles. The van der Waals surface area contributed by atoms with E-state index in [4.69, 9.17) is 10.3 Å². The van der Waals surface area contributed by atoms with E-state index in [2.05, 4.69) is 15.5 Å². The first-order valence-corrected chi connectivity index (χ1v) is 6.84. The normalized spacial score (nSPS) is 23.4. The molecule has 2 heterocycles. The van der Waals surface area contributed by atoms with Crippen molar-refractivity contribution in [1.82, 2.24) is 15.5 Å². The first-order chi connectivity index (χ1) is 7.96. The fraction of sp³-hybridized carbons (Fsp3) is 0.625. The Kier molecular flexibility index (Phi) is 3.11. The van der Waals surface area contributed by atoms with Crippen LogP contribution in [0.15, 0.2) is 4.52 Å². The third kappa shape index (κ3) is 3.01. The zero-order valence-electron chi connectivity index (χ0n) is 8.92. The molecule has 1 atom stereocenters. The minimum Gasteiger partial charge on any atom is -0.363 e. The Morgan fingerprint density at radius 3 is 2.94 bits per heavy atom. The van der Waals surface area contributed by atoms with Gasteiger partial charge >= 0.3 is 0 Å². The number of nitrogens with one attached hydrogen (secondary N) is 1. The number of amides is 1. The van der Waals surface area contributed by atoms with Crippen LogP contribution in [-0.4, -0.2) is 48.6 Å². The van der Waals surface area contributed by atoms with Crippen LogP contribution in [0.5, 0.6) is 0 Å². The first-order valence-electron chi connectivity index (χ1n) is 5.02. The smallest absolute Gasteiger partial charge is 0.290 e. The van der Waals surface area contributed by atoms with Crippen molar-refractivity contribution >= 4 is 15.7 Å². The Morgan fingerprint density at radius 2 is 2.35 bits per heavy atom. The average molecular weight is 260 g/mol. The van der Waals surface area contributed by atoms with Gasteiger partial charge in [0.25, 0.3) is 11.7 Å². The standard InChI is InChI=1S/C8H12N4O4S/c9-7(13)8-11-6(16-12-8)3-5-4-17(14,15)2-1-10-5/h5,10H,1-4H2,(H2,9,13). The molecule has 2 rings (SSSR count). The quantitative estimate of drug-likeness (QED) is 0.649. The summed E-state index contributed by atoms with van der Waals surface area (Å²) < 4.78 is 27.6. The molecular weight excluding hydrogens is 248 g/mol. The summed E-state index contributed by atoms with van der Waals surface area (Å²) in [5.74, 6) is -0.600. The van der Waals surface area contributed by atoms with Gasteiger partial charge in [0.05, 0.1) is 11.5 Å². The van der Waals surface area contributed by atoms with Crippen LogP contribution < -0.4 is 11.1 Å². The molecular formula is C8H12N4O4S. The highest BCUT2D eigenvalue weighted by Gasteiger charge is 2.26. The third-order valence-electron chi connectivity index (χ3n) is 2.41. The van der Waals surface area contributed by atoms with Crippen LogP contribution in [0.25, 0.3) is 0 Å². The Morgan fingerprint density at radius 1 is 1.59 bits per heavy atom. The summed E-state index contributed by atoms with van der Waals surface area (Å²) in [7, 11) is -3.01. The number of rotatable bonds is 3. The number of carbonyl (C=O) groups excluding carboxylic acids is 1. The molecule has 0 saturated carbocycles. The molecule has 1 fully saturated rings. The fourth-order valence-corrected chi connectivity index (χ4v) is 3.09. The molecule has 1 amide bonds. The van der Waals surface area contributed by atoms with Crippen LogP contribution in [0.4, 0.5) is 0 Å². The number of nitrogens with zero attached hydrogens (tertiary/aromatic N) is 2. The van der Waals surface area contributed by atoms with Gasteiger partial charge in [-0.2, -0.15) is 4.98 Å². The summed E-state index contributed by atoms with van der Waals surface area (Å²) in [5, 5.41) is 6.42. The molecule has 1 aromatic heterocycles. The predicted octanol–water partition coefficient (Wildman–Crippen LogP) is -1.90. The summed E-state index contributed by atoms with van der Waals surface area (Å²) in [6.07, 6.45) is 0.263. The van der Waals surface area contributed by atoms with Gasteiger partial charge in [-0.3, -0.25) is 4.79 Å². The highest BCUT2D eigenvalue weighted by molar-refractivity contribution is 7.91. The lowest BCUT2D eigenvalue weighted by Crippen LogP contribution is -2.46. The maximum Gasteiger partial charge on any atom is 0.290 e. The van der Waals surface area contributed by atoms with Gasteiger partial charge in [-0.05, 0) is 0 Å². The number of aromatic nitrogens is 2. The molecule has 1 aliphatic rings. The fourth-order valence-electron chi connectivity index (χ4n) is 1.65. The van der Waals surface area contributed by atoms with Crippen LogP contribution in [0.2, 0.25) is 0 Å². The molecule has 0 aromatic carbocycles. The molecule has 9 heteroatoms. The summed E-state index contributed by atoms with van der Waals surface area (Å²) in [4.78, 5) is 14.5. The highest BCUT2D eigenvalue weighted by Crippen LogP contribution is 2.07.